The summed E-state index contributed by atoms with van der Waals surface area (Å²) in [6.45, 7) is 3.74. The molecule has 2 aromatic rings. The first kappa shape index (κ1) is 14.0. The summed E-state index contributed by atoms with van der Waals surface area (Å²) in [6.07, 6.45) is 2.39. The lowest BCUT2D eigenvalue weighted by atomic mass is 10.1. The fourth-order valence-electron chi connectivity index (χ4n) is 1.86. The molecule has 0 aliphatic rings. The van der Waals surface area contributed by atoms with Gasteiger partial charge in [0, 0.05) is 18.1 Å². The first-order valence-electron chi connectivity index (χ1n) is 6.32. The van der Waals surface area contributed by atoms with E-state index in [2.05, 4.69) is 9.71 Å². The second-order valence-electron chi connectivity index (χ2n) is 4.73. The van der Waals surface area contributed by atoms with Crippen molar-refractivity contribution in [2.45, 2.75) is 25.5 Å². The van der Waals surface area contributed by atoms with E-state index in [1.54, 1.807) is 20.0 Å². The summed E-state index contributed by atoms with van der Waals surface area (Å²) >= 11 is 0. The van der Waals surface area contributed by atoms with E-state index in [4.69, 9.17) is 0 Å². The molecule has 0 amide bonds. The molecule has 0 aliphatic carbocycles. The molecule has 0 saturated heterocycles. The van der Waals surface area contributed by atoms with Crippen molar-refractivity contribution in [1.29, 1.82) is 0 Å². The number of fused-ring (bicyclic) bond motifs is 1. The first-order valence-corrected chi connectivity index (χ1v) is 7.86. The number of hydrogen-bond acceptors (Lipinski definition) is 3. The van der Waals surface area contributed by atoms with E-state index in [0.29, 0.717) is 13.0 Å². The number of benzene rings is 1. The molecule has 1 aromatic carbocycles. The number of nitrogens with zero attached hydrogens (tertiary/aromatic N) is 1. The van der Waals surface area contributed by atoms with E-state index >= 15 is 0 Å². The Morgan fingerprint density at radius 3 is 2.68 bits per heavy atom. The van der Waals surface area contributed by atoms with Crippen molar-refractivity contribution < 1.29 is 8.42 Å². The summed E-state index contributed by atoms with van der Waals surface area (Å²) in [5.41, 5.74) is 2.00. The monoisotopic (exact) mass is 278 g/mol. The van der Waals surface area contributed by atoms with Crippen molar-refractivity contribution in [2.75, 3.05) is 6.54 Å². The van der Waals surface area contributed by atoms with Gasteiger partial charge in [-0.05, 0) is 31.9 Å². The van der Waals surface area contributed by atoms with Crippen LogP contribution in [0.5, 0.6) is 0 Å². The number of para-hydroxylation sites is 1. The van der Waals surface area contributed by atoms with E-state index < -0.39 is 15.3 Å². The smallest absolute Gasteiger partial charge is 0.213 e. The molecule has 102 valence electrons. The average molecular weight is 278 g/mol. The molecule has 0 unspecified atom stereocenters. The molecule has 1 aromatic heterocycles. The lowest BCUT2D eigenvalue weighted by Crippen LogP contribution is -2.32. The topological polar surface area (TPSA) is 59.1 Å². The van der Waals surface area contributed by atoms with E-state index in [0.717, 1.165) is 16.5 Å². The van der Waals surface area contributed by atoms with Crippen molar-refractivity contribution in [3.8, 4) is 0 Å². The lowest BCUT2D eigenvalue weighted by molar-refractivity contribution is 0.572. The van der Waals surface area contributed by atoms with Crippen molar-refractivity contribution in [3.63, 3.8) is 0 Å². The fraction of sp³-hybridized carbons (Fsp3) is 0.357. The van der Waals surface area contributed by atoms with Crippen LogP contribution in [-0.4, -0.2) is 25.2 Å². The number of pyridine rings is 1. The van der Waals surface area contributed by atoms with Crippen LogP contribution in [0.15, 0.2) is 36.5 Å². The predicted molar refractivity (Wildman–Crippen MR) is 77.5 cm³/mol. The quantitative estimate of drug-likeness (QED) is 0.911. The molecule has 19 heavy (non-hydrogen) atoms. The van der Waals surface area contributed by atoms with Gasteiger partial charge in [-0.2, -0.15) is 0 Å². The number of aromatic nitrogens is 1. The summed E-state index contributed by atoms with van der Waals surface area (Å²) in [6, 6.07) is 9.86. The molecule has 0 fully saturated rings. The highest BCUT2D eigenvalue weighted by atomic mass is 32.2. The molecule has 0 bridgehead atoms. The van der Waals surface area contributed by atoms with Crippen molar-refractivity contribution in [2.24, 2.45) is 0 Å². The zero-order chi connectivity index (χ0) is 13.9. The van der Waals surface area contributed by atoms with E-state index in [1.807, 2.05) is 30.3 Å². The Bertz CT molecular complexity index is 661. The van der Waals surface area contributed by atoms with Crippen LogP contribution < -0.4 is 4.72 Å². The zero-order valence-electron chi connectivity index (χ0n) is 11.1. The summed E-state index contributed by atoms with van der Waals surface area (Å²) in [5.74, 6) is 0. The predicted octanol–water partition coefficient (Wildman–Crippen LogP) is 2.11. The molecule has 2 rings (SSSR count). The summed E-state index contributed by atoms with van der Waals surface area (Å²) in [4.78, 5) is 4.35. The van der Waals surface area contributed by atoms with Crippen molar-refractivity contribution in [3.05, 3.63) is 42.1 Å². The summed E-state index contributed by atoms with van der Waals surface area (Å²) in [7, 11) is -3.19. The van der Waals surface area contributed by atoms with Gasteiger partial charge in [0.2, 0.25) is 10.0 Å². The Morgan fingerprint density at radius 1 is 1.21 bits per heavy atom. The second kappa shape index (κ2) is 5.67. The molecule has 0 spiro atoms. The zero-order valence-corrected chi connectivity index (χ0v) is 11.9. The van der Waals surface area contributed by atoms with Gasteiger partial charge in [-0.25, -0.2) is 13.1 Å². The Balaban J connectivity index is 2.11. The number of sulfonamides is 1. The summed E-state index contributed by atoms with van der Waals surface area (Å²) in [5, 5.41) is 0.671. The van der Waals surface area contributed by atoms with Gasteiger partial charge >= 0.3 is 0 Å². The SMILES string of the molecule is CC(C)S(=O)(=O)NCCc1cccc2cccnc12. The van der Waals surface area contributed by atoms with Gasteiger partial charge in [0.1, 0.15) is 0 Å². The van der Waals surface area contributed by atoms with Crippen LogP contribution in [0.25, 0.3) is 10.9 Å². The minimum atomic E-state index is -3.19. The molecule has 0 radical (unpaired) electrons. The first-order chi connectivity index (χ1) is 9.00. The van der Waals surface area contributed by atoms with Crippen LogP contribution >= 0.6 is 0 Å². The van der Waals surface area contributed by atoms with Gasteiger partial charge in [0.25, 0.3) is 0 Å². The van der Waals surface area contributed by atoms with Gasteiger partial charge in [0.05, 0.1) is 10.8 Å². The highest BCUT2D eigenvalue weighted by Crippen LogP contribution is 2.16. The van der Waals surface area contributed by atoms with Crippen molar-refractivity contribution in [1.82, 2.24) is 9.71 Å². The van der Waals surface area contributed by atoms with E-state index in [1.165, 1.54) is 0 Å². The highest BCUT2D eigenvalue weighted by molar-refractivity contribution is 7.90. The van der Waals surface area contributed by atoms with Crippen LogP contribution in [0.3, 0.4) is 0 Å². The molecule has 1 N–H and O–H groups in total. The highest BCUT2D eigenvalue weighted by Gasteiger charge is 2.14. The minimum absolute atomic E-state index is 0.399. The van der Waals surface area contributed by atoms with Crippen LogP contribution in [0.2, 0.25) is 0 Å². The number of hydrogen-bond donors (Lipinski definition) is 1. The standard InChI is InChI=1S/C14H18N2O2S/c1-11(2)19(17,18)16-10-8-13-6-3-5-12-7-4-9-15-14(12)13/h3-7,9,11,16H,8,10H2,1-2H3. The summed E-state index contributed by atoms with van der Waals surface area (Å²) < 4.78 is 25.9. The number of rotatable bonds is 5. The molecule has 0 atom stereocenters. The minimum Gasteiger partial charge on any atom is -0.256 e. The normalized spacial score (nSPS) is 12.2. The molecule has 0 saturated carbocycles. The molecule has 5 heteroatoms. The maximum Gasteiger partial charge on any atom is 0.213 e. The van der Waals surface area contributed by atoms with Gasteiger partial charge in [0.15, 0.2) is 0 Å². The Hall–Kier alpha value is -1.46. The second-order valence-corrected chi connectivity index (χ2v) is 7.05. The average Bonchev–Trinajstić information content (AvgIpc) is 2.38. The third-order valence-electron chi connectivity index (χ3n) is 3.03. The van der Waals surface area contributed by atoms with Gasteiger partial charge < -0.3 is 0 Å². The molecule has 4 nitrogen and oxygen atoms in total. The fourth-order valence-corrected chi connectivity index (χ4v) is 2.58. The maximum absolute atomic E-state index is 11.7. The van der Waals surface area contributed by atoms with Crippen LogP contribution in [-0.2, 0) is 16.4 Å². The van der Waals surface area contributed by atoms with Crippen LogP contribution in [0, 0.1) is 0 Å². The van der Waals surface area contributed by atoms with Gasteiger partial charge in [-0.15, -0.1) is 0 Å². The van der Waals surface area contributed by atoms with Gasteiger partial charge in [-0.3, -0.25) is 4.98 Å². The van der Waals surface area contributed by atoms with Crippen molar-refractivity contribution >= 4 is 20.9 Å². The largest absolute Gasteiger partial charge is 0.256 e. The molecule has 1 heterocycles. The Kier molecular flexibility index (Phi) is 4.17. The lowest BCUT2D eigenvalue weighted by Gasteiger charge is -2.10. The maximum atomic E-state index is 11.7. The molecule has 0 aliphatic heterocycles. The third-order valence-corrected chi connectivity index (χ3v) is 4.88. The Labute approximate surface area is 113 Å². The van der Waals surface area contributed by atoms with Crippen LogP contribution in [0.4, 0.5) is 0 Å². The Morgan fingerprint density at radius 2 is 1.95 bits per heavy atom. The van der Waals surface area contributed by atoms with E-state index in [-0.39, 0.29) is 0 Å². The van der Waals surface area contributed by atoms with Gasteiger partial charge in [-0.1, -0.05) is 24.3 Å². The molecular formula is C14H18N2O2S. The third kappa shape index (κ3) is 3.30. The number of nitrogens with one attached hydrogen (secondary N) is 1. The van der Waals surface area contributed by atoms with E-state index in [9.17, 15) is 8.42 Å². The van der Waals surface area contributed by atoms with Crippen LogP contribution in [0.1, 0.15) is 19.4 Å². The molecular weight excluding hydrogens is 260 g/mol.